The smallest absolute Gasteiger partial charge is 0.0619 e. The number of benzene rings is 8. The van der Waals surface area contributed by atoms with Crippen LogP contribution in [0.3, 0.4) is 0 Å². The number of hydrogen-bond donors (Lipinski definition) is 0. The van der Waals surface area contributed by atoms with E-state index in [1.54, 1.807) is 0 Å². The van der Waals surface area contributed by atoms with Gasteiger partial charge in [-0.2, -0.15) is 0 Å². The second-order valence-electron chi connectivity index (χ2n) is 12.5. The summed E-state index contributed by atoms with van der Waals surface area (Å²) in [4.78, 5) is 0. The number of fused-ring (bicyclic) bond motifs is 7. The van der Waals surface area contributed by atoms with Gasteiger partial charge in [-0.05, 0) is 64.5 Å². The SMILES string of the molecule is c1ccc(-c2cccc3c(-n4c5ccccc5c5cc(-c6cccc7c8ccccc8n(-c8ccccc8)c67)ccc54)cccc23)cc1. The minimum atomic E-state index is 1.17. The van der Waals surface area contributed by atoms with Crippen LogP contribution < -0.4 is 0 Å². The van der Waals surface area contributed by atoms with Crippen molar-refractivity contribution in [3.8, 4) is 33.6 Å². The van der Waals surface area contributed by atoms with Crippen molar-refractivity contribution in [2.45, 2.75) is 0 Å². The van der Waals surface area contributed by atoms with Gasteiger partial charge in [0.05, 0.1) is 27.8 Å². The largest absolute Gasteiger partial charge is 0.309 e. The molecule has 0 saturated carbocycles. The molecule has 0 aliphatic heterocycles. The predicted molar refractivity (Wildman–Crippen MR) is 203 cm³/mol. The van der Waals surface area contributed by atoms with Gasteiger partial charge in [0.2, 0.25) is 0 Å². The van der Waals surface area contributed by atoms with Crippen LogP contribution in [0.1, 0.15) is 0 Å². The van der Waals surface area contributed by atoms with Gasteiger partial charge in [0, 0.05) is 38.2 Å². The molecule has 0 fully saturated rings. The Morgan fingerprint density at radius 2 is 0.854 bits per heavy atom. The first kappa shape index (κ1) is 26.8. The van der Waals surface area contributed by atoms with Crippen molar-refractivity contribution in [2.75, 3.05) is 0 Å². The summed E-state index contributed by atoms with van der Waals surface area (Å²) in [6.07, 6.45) is 0. The molecular weight excluding hydrogens is 581 g/mol. The first-order valence-corrected chi connectivity index (χ1v) is 16.5. The van der Waals surface area contributed by atoms with E-state index >= 15 is 0 Å². The first-order chi connectivity index (χ1) is 23.8. The van der Waals surface area contributed by atoms with Crippen molar-refractivity contribution >= 4 is 54.4 Å². The highest BCUT2D eigenvalue weighted by Gasteiger charge is 2.19. The zero-order valence-electron chi connectivity index (χ0n) is 26.2. The fourth-order valence-electron chi connectivity index (χ4n) is 7.85. The zero-order chi connectivity index (χ0) is 31.6. The van der Waals surface area contributed by atoms with E-state index in [9.17, 15) is 0 Å². The van der Waals surface area contributed by atoms with Crippen LogP contribution in [0, 0.1) is 0 Å². The number of hydrogen-bond acceptors (Lipinski definition) is 0. The molecule has 2 heterocycles. The van der Waals surface area contributed by atoms with Crippen LogP contribution in [0.4, 0.5) is 0 Å². The Morgan fingerprint density at radius 3 is 1.65 bits per heavy atom. The predicted octanol–water partition coefficient (Wildman–Crippen LogP) is 12.4. The average molecular weight is 611 g/mol. The Kier molecular flexibility index (Phi) is 5.91. The summed E-state index contributed by atoms with van der Waals surface area (Å²) in [5.41, 5.74) is 12.1. The topological polar surface area (TPSA) is 9.86 Å². The van der Waals surface area contributed by atoms with Crippen molar-refractivity contribution in [1.82, 2.24) is 9.13 Å². The normalized spacial score (nSPS) is 11.8. The maximum Gasteiger partial charge on any atom is 0.0619 e. The molecule has 2 heteroatoms. The Morgan fingerprint density at radius 1 is 0.292 bits per heavy atom. The lowest BCUT2D eigenvalue weighted by atomic mass is 9.97. The third kappa shape index (κ3) is 3.93. The zero-order valence-corrected chi connectivity index (χ0v) is 26.2. The lowest BCUT2D eigenvalue weighted by Gasteiger charge is -2.14. The van der Waals surface area contributed by atoms with E-state index in [4.69, 9.17) is 0 Å². The minimum absolute atomic E-state index is 1.17. The summed E-state index contributed by atoms with van der Waals surface area (Å²) in [5.74, 6) is 0. The summed E-state index contributed by atoms with van der Waals surface area (Å²) in [6, 6.07) is 66.1. The Hall–Kier alpha value is -6.38. The van der Waals surface area contributed by atoms with Gasteiger partial charge in [0.1, 0.15) is 0 Å². The van der Waals surface area contributed by atoms with Crippen molar-refractivity contribution in [2.24, 2.45) is 0 Å². The first-order valence-electron chi connectivity index (χ1n) is 16.5. The van der Waals surface area contributed by atoms with E-state index in [-0.39, 0.29) is 0 Å². The van der Waals surface area contributed by atoms with E-state index in [1.165, 1.54) is 88.0 Å². The van der Waals surface area contributed by atoms with E-state index in [2.05, 4.69) is 191 Å². The van der Waals surface area contributed by atoms with Gasteiger partial charge < -0.3 is 9.13 Å². The van der Waals surface area contributed by atoms with Gasteiger partial charge in [0.15, 0.2) is 0 Å². The minimum Gasteiger partial charge on any atom is -0.309 e. The molecule has 2 nitrogen and oxygen atoms in total. The maximum atomic E-state index is 2.45. The molecule has 48 heavy (non-hydrogen) atoms. The van der Waals surface area contributed by atoms with Crippen LogP contribution in [0.5, 0.6) is 0 Å². The molecule has 0 bridgehead atoms. The van der Waals surface area contributed by atoms with Crippen LogP contribution in [-0.2, 0) is 0 Å². The van der Waals surface area contributed by atoms with Crippen molar-refractivity contribution in [3.05, 3.63) is 182 Å². The lowest BCUT2D eigenvalue weighted by Crippen LogP contribution is -1.96. The molecule has 0 unspecified atom stereocenters. The molecule has 0 spiro atoms. The molecule has 2 aromatic heterocycles. The van der Waals surface area contributed by atoms with Gasteiger partial charge in [-0.15, -0.1) is 0 Å². The second-order valence-corrected chi connectivity index (χ2v) is 12.5. The quantitative estimate of drug-likeness (QED) is 0.188. The molecule has 10 rings (SSSR count). The number of para-hydroxylation sites is 4. The van der Waals surface area contributed by atoms with Gasteiger partial charge in [0.25, 0.3) is 0 Å². The monoisotopic (exact) mass is 610 g/mol. The summed E-state index contributed by atoms with van der Waals surface area (Å²) < 4.78 is 4.88. The van der Waals surface area contributed by atoms with Crippen molar-refractivity contribution < 1.29 is 0 Å². The summed E-state index contributed by atoms with van der Waals surface area (Å²) >= 11 is 0. The van der Waals surface area contributed by atoms with Gasteiger partial charge in [-0.25, -0.2) is 0 Å². The number of nitrogens with zero attached hydrogens (tertiary/aromatic N) is 2. The fraction of sp³-hybridized carbons (Fsp3) is 0. The number of rotatable bonds is 4. The van der Waals surface area contributed by atoms with Gasteiger partial charge >= 0.3 is 0 Å². The molecule has 8 aromatic carbocycles. The number of aromatic nitrogens is 2. The van der Waals surface area contributed by atoms with Crippen LogP contribution in [0.15, 0.2) is 182 Å². The Balaban J connectivity index is 1.24. The highest BCUT2D eigenvalue weighted by molar-refractivity contribution is 6.16. The molecular formula is C46H30N2. The van der Waals surface area contributed by atoms with Crippen LogP contribution >= 0.6 is 0 Å². The molecule has 0 N–H and O–H groups in total. The maximum absolute atomic E-state index is 2.45. The lowest BCUT2D eigenvalue weighted by molar-refractivity contribution is 1.18. The molecule has 0 aliphatic rings. The van der Waals surface area contributed by atoms with E-state index in [1.807, 2.05) is 0 Å². The molecule has 0 radical (unpaired) electrons. The van der Waals surface area contributed by atoms with Crippen LogP contribution in [-0.4, -0.2) is 9.13 Å². The summed E-state index contributed by atoms with van der Waals surface area (Å²) in [5, 5.41) is 7.52. The third-order valence-electron chi connectivity index (χ3n) is 9.92. The molecule has 0 atom stereocenters. The third-order valence-corrected chi connectivity index (χ3v) is 9.92. The van der Waals surface area contributed by atoms with Crippen LogP contribution in [0.25, 0.3) is 88.0 Å². The average Bonchev–Trinajstić information content (AvgIpc) is 3.68. The Labute approximate surface area is 278 Å². The highest BCUT2D eigenvalue weighted by atomic mass is 15.0. The molecule has 0 saturated heterocycles. The molecule has 10 aromatic rings. The molecule has 224 valence electrons. The van der Waals surface area contributed by atoms with Crippen molar-refractivity contribution in [1.29, 1.82) is 0 Å². The van der Waals surface area contributed by atoms with Gasteiger partial charge in [-0.3, -0.25) is 0 Å². The van der Waals surface area contributed by atoms with Crippen LogP contribution in [0.2, 0.25) is 0 Å². The van der Waals surface area contributed by atoms with E-state index in [0.717, 1.165) is 0 Å². The molecule has 0 amide bonds. The van der Waals surface area contributed by atoms with Crippen molar-refractivity contribution in [3.63, 3.8) is 0 Å². The standard InChI is InChI=1S/C46H30N2/c1-3-14-31(15-4-1)34-20-11-23-37-36(34)22-13-27-44(37)48-43-26-10-8-19-39(43)41-30-32(28-29-45(41)48)35-21-12-24-40-38-18-7-9-25-42(38)47(46(35)40)33-16-5-2-6-17-33/h1-30H. The van der Waals surface area contributed by atoms with Gasteiger partial charge in [-0.1, -0.05) is 140 Å². The summed E-state index contributed by atoms with van der Waals surface area (Å²) in [6.45, 7) is 0. The van der Waals surface area contributed by atoms with E-state index in [0.29, 0.717) is 0 Å². The summed E-state index contributed by atoms with van der Waals surface area (Å²) in [7, 11) is 0. The Bertz CT molecular complexity index is 2820. The second kappa shape index (κ2) is 10.6. The van der Waals surface area contributed by atoms with E-state index < -0.39 is 0 Å². The highest BCUT2D eigenvalue weighted by Crippen LogP contribution is 2.42. The fourth-order valence-corrected chi connectivity index (χ4v) is 7.85. The molecule has 0 aliphatic carbocycles.